The molecule has 0 bridgehead atoms. The Kier molecular flexibility index (Phi) is 5.07. The Morgan fingerprint density at radius 2 is 1.95 bits per heavy atom. The molecule has 7 heteroatoms. The molecule has 0 aliphatic carbocycles. The Bertz CT molecular complexity index is 717. The van der Waals surface area contributed by atoms with Gasteiger partial charge in [-0.2, -0.15) is 5.10 Å². The third-order valence-corrected chi connectivity index (χ3v) is 3.62. The van der Waals surface area contributed by atoms with Crippen molar-refractivity contribution in [2.24, 2.45) is 5.10 Å². The highest BCUT2D eigenvalue weighted by Crippen LogP contribution is 2.24. The van der Waals surface area contributed by atoms with Gasteiger partial charge in [0.25, 0.3) is 5.91 Å². The van der Waals surface area contributed by atoms with Gasteiger partial charge in [-0.1, -0.05) is 46.9 Å². The Morgan fingerprint density at radius 3 is 2.71 bits per heavy atom. The van der Waals surface area contributed by atoms with E-state index in [-0.39, 0.29) is 11.3 Å². The molecule has 0 unspecified atom stereocenters. The van der Waals surface area contributed by atoms with Crippen molar-refractivity contribution in [1.29, 1.82) is 0 Å². The molecule has 0 saturated carbocycles. The lowest BCUT2D eigenvalue weighted by Gasteiger charge is -2.03. The van der Waals surface area contributed by atoms with Gasteiger partial charge in [-0.3, -0.25) is 4.79 Å². The molecule has 2 aromatic carbocycles. The summed E-state index contributed by atoms with van der Waals surface area (Å²) in [5.74, 6) is -0.780. The number of nitrogens with zero attached hydrogens (tertiary/aromatic N) is 1. The largest absolute Gasteiger partial charge is 0.507 e. The van der Waals surface area contributed by atoms with Crippen LogP contribution in [-0.2, 0) is 0 Å². The van der Waals surface area contributed by atoms with Crippen molar-refractivity contribution >= 4 is 46.9 Å². The molecule has 0 aromatic heterocycles. The quantitative estimate of drug-likeness (QED) is 0.650. The van der Waals surface area contributed by atoms with E-state index < -0.39 is 5.91 Å². The molecule has 2 N–H and O–H groups in total. The molecule has 0 atom stereocenters. The van der Waals surface area contributed by atoms with Crippen LogP contribution in [0.25, 0.3) is 0 Å². The molecule has 21 heavy (non-hydrogen) atoms. The summed E-state index contributed by atoms with van der Waals surface area (Å²) in [5.41, 5.74) is 2.85. The highest BCUT2D eigenvalue weighted by molar-refractivity contribution is 6.43. The zero-order chi connectivity index (χ0) is 15.4. The molecule has 0 saturated heterocycles. The minimum Gasteiger partial charge on any atom is -0.507 e. The van der Waals surface area contributed by atoms with Gasteiger partial charge in [-0.05, 0) is 24.3 Å². The lowest BCUT2D eigenvalue weighted by Crippen LogP contribution is -2.17. The number of phenols is 1. The lowest BCUT2D eigenvalue weighted by atomic mass is 10.2. The van der Waals surface area contributed by atoms with Crippen LogP contribution >= 0.6 is 34.8 Å². The first-order valence-electron chi connectivity index (χ1n) is 5.75. The van der Waals surface area contributed by atoms with E-state index in [1.807, 2.05) is 0 Å². The predicted octanol–water partition coefficient (Wildman–Crippen LogP) is 4.12. The Balaban J connectivity index is 2.12. The molecule has 0 spiro atoms. The lowest BCUT2D eigenvalue weighted by molar-refractivity contribution is 0.0952. The third-order valence-electron chi connectivity index (χ3n) is 2.55. The Morgan fingerprint density at radius 1 is 1.19 bits per heavy atom. The zero-order valence-corrected chi connectivity index (χ0v) is 12.7. The summed E-state index contributed by atoms with van der Waals surface area (Å²) in [7, 11) is 0. The van der Waals surface area contributed by atoms with Crippen LogP contribution in [0.3, 0.4) is 0 Å². The van der Waals surface area contributed by atoms with Crippen molar-refractivity contribution in [3.63, 3.8) is 0 Å². The number of carbonyl (C=O) groups is 1. The van der Waals surface area contributed by atoms with Gasteiger partial charge in [-0.15, -0.1) is 0 Å². The first-order chi connectivity index (χ1) is 9.99. The SMILES string of the molecule is O=C(N/N=C/c1cccc(Cl)c1Cl)c1cc(Cl)ccc1O. The maximum Gasteiger partial charge on any atom is 0.275 e. The number of aromatic hydroxyl groups is 1. The van der Waals surface area contributed by atoms with Crippen molar-refractivity contribution in [2.75, 3.05) is 0 Å². The third kappa shape index (κ3) is 3.88. The molecule has 2 aromatic rings. The van der Waals surface area contributed by atoms with E-state index in [0.29, 0.717) is 20.6 Å². The van der Waals surface area contributed by atoms with Crippen molar-refractivity contribution in [3.05, 3.63) is 62.6 Å². The van der Waals surface area contributed by atoms with Crippen LogP contribution in [-0.4, -0.2) is 17.2 Å². The summed E-state index contributed by atoms with van der Waals surface area (Å²) >= 11 is 17.6. The summed E-state index contributed by atoms with van der Waals surface area (Å²) in [5, 5.41) is 14.4. The molecule has 0 aliphatic rings. The maximum absolute atomic E-state index is 11.9. The number of benzene rings is 2. The monoisotopic (exact) mass is 342 g/mol. The predicted molar refractivity (Wildman–Crippen MR) is 84.6 cm³/mol. The van der Waals surface area contributed by atoms with Gasteiger partial charge in [-0.25, -0.2) is 5.43 Å². The normalized spacial score (nSPS) is 10.8. The van der Waals surface area contributed by atoms with Crippen LogP contribution in [0.1, 0.15) is 15.9 Å². The molecule has 2 rings (SSSR count). The van der Waals surface area contributed by atoms with Crippen LogP contribution in [0, 0.1) is 0 Å². The zero-order valence-electron chi connectivity index (χ0n) is 10.5. The van der Waals surface area contributed by atoms with Crippen LogP contribution in [0.15, 0.2) is 41.5 Å². The second-order valence-electron chi connectivity index (χ2n) is 4.00. The average Bonchev–Trinajstić information content (AvgIpc) is 2.46. The average molecular weight is 344 g/mol. The molecule has 0 fully saturated rings. The smallest absolute Gasteiger partial charge is 0.275 e. The van der Waals surface area contributed by atoms with E-state index >= 15 is 0 Å². The van der Waals surface area contributed by atoms with Crippen LogP contribution in [0.2, 0.25) is 15.1 Å². The number of hydrogen-bond acceptors (Lipinski definition) is 3. The Labute approximate surface area is 135 Å². The van der Waals surface area contributed by atoms with Gasteiger partial charge >= 0.3 is 0 Å². The van der Waals surface area contributed by atoms with E-state index in [9.17, 15) is 9.90 Å². The first kappa shape index (κ1) is 15.6. The van der Waals surface area contributed by atoms with Crippen molar-refractivity contribution < 1.29 is 9.90 Å². The summed E-state index contributed by atoms with van der Waals surface area (Å²) < 4.78 is 0. The van der Waals surface area contributed by atoms with Gasteiger partial charge in [0.05, 0.1) is 21.8 Å². The molecular formula is C14H9Cl3N2O2. The molecule has 0 heterocycles. The maximum atomic E-state index is 11.9. The van der Waals surface area contributed by atoms with Gasteiger partial charge in [0, 0.05) is 10.6 Å². The number of nitrogens with one attached hydrogen (secondary N) is 1. The van der Waals surface area contributed by atoms with Gasteiger partial charge in [0.1, 0.15) is 5.75 Å². The van der Waals surface area contributed by atoms with E-state index in [2.05, 4.69) is 10.5 Å². The number of hydrogen-bond donors (Lipinski definition) is 2. The molecular weight excluding hydrogens is 335 g/mol. The number of hydrazone groups is 1. The topological polar surface area (TPSA) is 61.7 Å². The standard InChI is InChI=1S/C14H9Cl3N2O2/c15-9-4-5-12(20)10(6-9)14(21)19-18-7-8-2-1-3-11(16)13(8)17/h1-7,20H,(H,19,21)/b18-7+. The van der Waals surface area contributed by atoms with Gasteiger partial charge in [0.2, 0.25) is 0 Å². The highest BCUT2D eigenvalue weighted by Gasteiger charge is 2.10. The highest BCUT2D eigenvalue weighted by atomic mass is 35.5. The minimum absolute atomic E-state index is 0.0249. The first-order valence-corrected chi connectivity index (χ1v) is 6.88. The van der Waals surface area contributed by atoms with Crippen molar-refractivity contribution in [1.82, 2.24) is 5.43 Å². The fraction of sp³-hybridized carbons (Fsp3) is 0. The number of rotatable bonds is 3. The summed E-state index contributed by atoms with van der Waals surface area (Å²) in [6.45, 7) is 0. The molecule has 108 valence electrons. The summed E-state index contributed by atoms with van der Waals surface area (Å²) in [6, 6.07) is 9.19. The molecule has 0 aliphatic heterocycles. The van der Waals surface area contributed by atoms with Crippen LogP contribution in [0.4, 0.5) is 0 Å². The van der Waals surface area contributed by atoms with E-state index in [4.69, 9.17) is 34.8 Å². The fourth-order valence-electron chi connectivity index (χ4n) is 1.53. The molecule has 1 amide bonds. The number of carbonyl (C=O) groups excluding carboxylic acids is 1. The fourth-order valence-corrected chi connectivity index (χ4v) is 2.06. The van der Waals surface area contributed by atoms with Gasteiger partial charge < -0.3 is 5.11 Å². The number of amides is 1. The second kappa shape index (κ2) is 6.80. The van der Waals surface area contributed by atoms with E-state index in [1.165, 1.54) is 24.4 Å². The Hall–Kier alpha value is -1.75. The van der Waals surface area contributed by atoms with Crippen molar-refractivity contribution in [2.45, 2.75) is 0 Å². The summed E-state index contributed by atoms with van der Waals surface area (Å²) in [6.07, 6.45) is 1.35. The number of halogens is 3. The van der Waals surface area contributed by atoms with Gasteiger partial charge in [0.15, 0.2) is 0 Å². The summed E-state index contributed by atoms with van der Waals surface area (Å²) in [4.78, 5) is 11.9. The minimum atomic E-state index is -0.593. The number of phenolic OH excluding ortho intramolecular Hbond substituents is 1. The van der Waals surface area contributed by atoms with Crippen molar-refractivity contribution in [3.8, 4) is 5.75 Å². The molecule has 0 radical (unpaired) electrons. The van der Waals surface area contributed by atoms with Crippen LogP contribution in [0.5, 0.6) is 5.75 Å². The van der Waals surface area contributed by atoms with E-state index in [1.54, 1.807) is 18.2 Å². The second-order valence-corrected chi connectivity index (χ2v) is 5.23. The van der Waals surface area contributed by atoms with E-state index in [0.717, 1.165) is 0 Å². The molecule has 4 nitrogen and oxygen atoms in total. The van der Waals surface area contributed by atoms with Crippen LogP contribution < -0.4 is 5.43 Å².